The number of phenolic OH excluding ortho intramolecular Hbond substituents is 1. The zero-order chi connectivity index (χ0) is 13.8. The molecule has 1 aromatic carbocycles. The first-order chi connectivity index (χ1) is 9.10. The Balaban J connectivity index is 1.96. The monoisotopic (exact) mass is 281 g/mol. The average Bonchev–Trinajstić information content (AvgIpc) is 2.42. The minimum Gasteiger partial charge on any atom is -0.508 e. The standard InChI is InChI=1S/C15H20ClNO2/c1-2-10-3-5-11(6-4-10)17-15(19)13-9-12(18)7-8-14(13)16/h7-11,18H,2-6H2,1H3,(H,17,19). The summed E-state index contributed by atoms with van der Waals surface area (Å²) in [7, 11) is 0. The molecular formula is C15H20ClNO2. The highest BCUT2D eigenvalue weighted by Gasteiger charge is 2.22. The molecule has 104 valence electrons. The van der Waals surface area contributed by atoms with Crippen LogP contribution >= 0.6 is 11.6 Å². The number of benzene rings is 1. The lowest BCUT2D eigenvalue weighted by Crippen LogP contribution is -2.37. The van der Waals surface area contributed by atoms with Crippen LogP contribution in [0.1, 0.15) is 49.4 Å². The number of aromatic hydroxyl groups is 1. The first kappa shape index (κ1) is 14.2. The number of hydrogen-bond acceptors (Lipinski definition) is 2. The maximum Gasteiger partial charge on any atom is 0.253 e. The smallest absolute Gasteiger partial charge is 0.253 e. The molecule has 0 heterocycles. The predicted octanol–water partition coefficient (Wildman–Crippen LogP) is 3.74. The van der Waals surface area contributed by atoms with Crippen molar-refractivity contribution in [1.82, 2.24) is 5.32 Å². The first-order valence-electron chi connectivity index (χ1n) is 6.89. The molecule has 3 nitrogen and oxygen atoms in total. The number of rotatable bonds is 3. The normalized spacial score (nSPS) is 23.1. The van der Waals surface area contributed by atoms with E-state index in [1.165, 1.54) is 31.4 Å². The van der Waals surface area contributed by atoms with Crippen molar-refractivity contribution in [2.45, 2.75) is 45.1 Å². The van der Waals surface area contributed by atoms with Gasteiger partial charge in [0, 0.05) is 6.04 Å². The van der Waals surface area contributed by atoms with Crippen molar-refractivity contribution in [3.63, 3.8) is 0 Å². The molecule has 0 bridgehead atoms. The van der Waals surface area contributed by atoms with Gasteiger partial charge in [-0.1, -0.05) is 24.9 Å². The van der Waals surface area contributed by atoms with Crippen molar-refractivity contribution < 1.29 is 9.90 Å². The molecule has 1 aliphatic rings. The number of halogens is 1. The molecule has 1 aliphatic carbocycles. The molecule has 0 aromatic heterocycles. The van der Waals surface area contributed by atoms with Gasteiger partial charge in [-0.25, -0.2) is 0 Å². The largest absolute Gasteiger partial charge is 0.508 e. The molecule has 0 radical (unpaired) electrons. The van der Waals surface area contributed by atoms with Crippen LogP contribution in [0.15, 0.2) is 18.2 Å². The lowest BCUT2D eigenvalue weighted by molar-refractivity contribution is 0.0921. The summed E-state index contributed by atoms with van der Waals surface area (Å²) in [5.41, 5.74) is 0.347. The van der Waals surface area contributed by atoms with Gasteiger partial charge in [-0.3, -0.25) is 4.79 Å². The second-order valence-corrected chi connectivity index (χ2v) is 5.67. The molecule has 2 N–H and O–H groups in total. The van der Waals surface area contributed by atoms with Crippen molar-refractivity contribution >= 4 is 17.5 Å². The van der Waals surface area contributed by atoms with Crippen LogP contribution in [0.4, 0.5) is 0 Å². The third kappa shape index (κ3) is 3.63. The van der Waals surface area contributed by atoms with E-state index in [9.17, 15) is 9.90 Å². The number of carbonyl (C=O) groups is 1. The highest BCUT2D eigenvalue weighted by Crippen LogP contribution is 2.27. The van der Waals surface area contributed by atoms with Gasteiger partial charge in [0.05, 0.1) is 10.6 Å². The van der Waals surface area contributed by atoms with E-state index in [2.05, 4.69) is 12.2 Å². The summed E-state index contributed by atoms with van der Waals surface area (Å²) in [4.78, 5) is 12.1. The molecule has 19 heavy (non-hydrogen) atoms. The number of nitrogens with one attached hydrogen (secondary N) is 1. The van der Waals surface area contributed by atoms with Gasteiger partial charge >= 0.3 is 0 Å². The van der Waals surface area contributed by atoms with E-state index in [0.717, 1.165) is 18.8 Å². The summed E-state index contributed by atoms with van der Waals surface area (Å²) in [6.45, 7) is 2.22. The van der Waals surface area contributed by atoms with Crippen molar-refractivity contribution in [1.29, 1.82) is 0 Å². The second kappa shape index (κ2) is 6.29. The maximum absolute atomic E-state index is 12.1. The summed E-state index contributed by atoms with van der Waals surface area (Å²) in [6.07, 6.45) is 5.63. The fourth-order valence-electron chi connectivity index (χ4n) is 2.67. The number of phenols is 1. The van der Waals surface area contributed by atoms with Crippen LogP contribution in [0.3, 0.4) is 0 Å². The van der Waals surface area contributed by atoms with E-state index >= 15 is 0 Å². The highest BCUT2D eigenvalue weighted by atomic mass is 35.5. The van der Waals surface area contributed by atoms with E-state index in [-0.39, 0.29) is 17.7 Å². The number of hydrogen-bond donors (Lipinski definition) is 2. The van der Waals surface area contributed by atoms with Crippen LogP contribution in [0.5, 0.6) is 5.75 Å². The molecule has 2 rings (SSSR count). The average molecular weight is 282 g/mol. The molecule has 1 saturated carbocycles. The summed E-state index contributed by atoms with van der Waals surface area (Å²) >= 11 is 5.98. The van der Waals surface area contributed by atoms with E-state index in [1.54, 1.807) is 6.07 Å². The SMILES string of the molecule is CCC1CCC(NC(=O)c2cc(O)ccc2Cl)CC1. The lowest BCUT2D eigenvalue weighted by Gasteiger charge is -2.28. The quantitative estimate of drug-likeness (QED) is 0.887. The van der Waals surface area contributed by atoms with E-state index in [4.69, 9.17) is 11.6 Å². The van der Waals surface area contributed by atoms with Crippen molar-refractivity contribution in [2.24, 2.45) is 5.92 Å². The molecule has 0 atom stereocenters. The Hall–Kier alpha value is -1.22. The van der Waals surface area contributed by atoms with Crippen LogP contribution in [-0.4, -0.2) is 17.1 Å². The third-order valence-electron chi connectivity index (χ3n) is 3.95. The summed E-state index contributed by atoms with van der Waals surface area (Å²) in [5, 5.41) is 12.8. The van der Waals surface area contributed by atoms with Gasteiger partial charge in [-0.05, 0) is 49.8 Å². The van der Waals surface area contributed by atoms with Crippen molar-refractivity contribution in [2.75, 3.05) is 0 Å². The Morgan fingerprint density at radius 1 is 1.37 bits per heavy atom. The molecule has 4 heteroatoms. The molecule has 1 fully saturated rings. The van der Waals surface area contributed by atoms with Gasteiger partial charge in [0.25, 0.3) is 5.91 Å². The minimum absolute atomic E-state index is 0.0595. The van der Waals surface area contributed by atoms with Gasteiger partial charge in [0.15, 0.2) is 0 Å². The Morgan fingerprint density at radius 3 is 2.68 bits per heavy atom. The van der Waals surface area contributed by atoms with E-state index < -0.39 is 0 Å². The van der Waals surface area contributed by atoms with Crippen LogP contribution in [0.25, 0.3) is 0 Å². The summed E-state index contributed by atoms with van der Waals surface area (Å²) < 4.78 is 0. The fraction of sp³-hybridized carbons (Fsp3) is 0.533. The van der Waals surface area contributed by atoms with Crippen molar-refractivity contribution in [3.05, 3.63) is 28.8 Å². The molecular weight excluding hydrogens is 262 g/mol. The van der Waals surface area contributed by atoms with Gasteiger partial charge < -0.3 is 10.4 Å². The molecule has 0 unspecified atom stereocenters. The maximum atomic E-state index is 12.1. The van der Waals surface area contributed by atoms with E-state index in [1.807, 2.05) is 0 Å². The Kier molecular flexibility index (Phi) is 4.70. The summed E-state index contributed by atoms with van der Waals surface area (Å²) in [6, 6.07) is 4.66. The van der Waals surface area contributed by atoms with Crippen LogP contribution in [0, 0.1) is 5.92 Å². The molecule has 1 amide bonds. The van der Waals surface area contributed by atoms with Gasteiger partial charge in [0.1, 0.15) is 5.75 Å². The van der Waals surface area contributed by atoms with Gasteiger partial charge in [0.2, 0.25) is 0 Å². The topological polar surface area (TPSA) is 49.3 Å². The number of carbonyl (C=O) groups excluding carboxylic acids is 1. The zero-order valence-corrected chi connectivity index (χ0v) is 11.9. The molecule has 1 aromatic rings. The molecule has 0 saturated heterocycles. The van der Waals surface area contributed by atoms with Crippen LogP contribution < -0.4 is 5.32 Å². The van der Waals surface area contributed by atoms with Gasteiger partial charge in [-0.15, -0.1) is 0 Å². The lowest BCUT2D eigenvalue weighted by atomic mass is 9.84. The van der Waals surface area contributed by atoms with Crippen LogP contribution in [-0.2, 0) is 0 Å². The Morgan fingerprint density at radius 2 is 2.05 bits per heavy atom. The molecule has 0 aliphatic heterocycles. The van der Waals surface area contributed by atoms with E-state index in [0.29, 0.717) is 10.6 Å². The highest BCUT2D eigenvalue weighted by molar-refractivity contribution is 6.33. The van der Waals surface area contributed by atoms with Gasteiger partial charge in [-0.2, -0.15) is 0 Å². The second-order valence-electron chi connectivity index (χ2n) is 5.26. The number of amides is 1. The molecule has 0 spiro atoms. The summed E-state index contributed by atoms with van der Waals surface area (Å²) in [5.74, 6) is 0.669. The van der Waals surface area contributed by atoms with Crippen LogP contribution in [0.2, 0.25) is 5.02 Å². The zero-order valence-electron chi connectivity index (χ0n) is 11.2. The Labute approximate surface area is 119 Å². The predicted molar refractivity (Wildman–Crippen MR) is 76.6 cm³/mol. The third-order valence-corrected chi connectivity index (χ3v) is 4.28. The fourth-order valence-corrected chi connectivity index (χ4v) is 2.87. The Bertz CT molecular complexity index is 453. The van der Waals surface area contributed by atoms with Crippen molar-refractivity contribution in [3.8, 4) is 5.75 Å². The minimum atomic E-state index is -0.194. The first-order valence-corrected chi connectivity index (χ1v) is 7.27.